The summed E-state index contributed by atoms with van der Waals surface area (Å²) in [6, 6.07) is 12.6. The van der Waals surface area contributed by atoms with E-state index in [0.29, 0.717) is 0 Å². The third kappa shape index (κ3) is 3.66. The summed E-state index contributed by atoms with van der Waals surface area (Å²) in [5.74, 6) is 0. The van der Waals surface area contributed by atoms with Gasteiger partial charge in [-0.1, -0.05) is 19.3 Å². The molecule has 2 aromatic carbocycles. The van der Waals surface area contributed by atoms with Crippen molar-refractivity contribution in [1.82, 2.24) is 0 Å². The van der Waals surface area contributed by atoms with Crippen LogP contribution in [-0.2, 0) is 19.5 Å². The molecule has 0 heterocycles. The van der Waals surface area contributed by atoms with E-state index in [4.69, 9.17) is 0 Å². The molecule has 2 aliphatic carbocycles. The first-order chi connectivity index (χ1) is 8.93. The van der Waals surface area contributed by atoms with Crippen molar-refractivity contribution in [2.75, 3.05) is 0 Å². The van der Waals surface area contributed by atoms with Crippen LogP contribution in [0.1, 0.15) is 22.3 Å². The molecule has 100 valence electrons. The molecule has 0 amide bonds. The van der Waals surface area contributed by atoms with Gasteiger partial charge in [0.2, 0.25) is 0 Å². The molecule has 0 nitrogen and oxygen atoms in total. The van der Waals surface area contributed by atoms with Crippen LogP contribution in [-0.4, -0.2) is 0 Å². The molecule has 8 radical (unpaired) electrons. The fraction of sp³-hybridized carbons (Fsp3) is 0. The van der Waals surface area contributed by atoms with Gasteiger partial charge >= 0.3 is 0 Å². The Balaban J connectivity index is 0.000000133. The van der Waals surface area contributed by atoms with Crippen molar-refractivity contribution in [3.8, 4) is 0 Å². The number of fused-ring (bicyclic) bond motifs is 2. The largest absolute Gasteiger partial charge is 0.747 e. The van der Waals surface area contributed by atoms with Gasteiger partial charge in [0.1, 0.15) is 0 Å². The first kappa shape index (κ1) is 14.7. The number of hydrogen-bond acceptors (Lipinski definition) is 0. The summed E-state index contributed by atoms with van der Waals surface area (Å²) in [7, 11) is 0. The van der Waals surface area contributed by atoms with Crippen molar-refractivity contribution >= 4 is 0 Å². The van der Waals surface area contributed by atoms with E-state index in [1.54, 1.807) is 0 Å². The van der Waals surface area contributed by atoms with Gasteiger partial charge in [-0.25, -0.2) is 25.0 Å². The normalized spacial score (nSPS) is 16.4. The summed E-state index contributed by atoms with van der Waals surface area (Å²) in [5.41, 5.74) is 5.32. The minimum atomic E-state index is 0. The summed E-state index contributed by atoms with van der Waals surface area (Å²) in [6.07, 6.45) is 16.7. The predicted molar refractivity (Wildman–Crippen MR) is 74.9 cm³/mol. The molecule has 0 aromatic heterocycles. The summed E-state index contributed by atoms with van der Waals surface area (Å²) in [6.45, 7) is 0. The molecular weight excluding hydrogens is 317 g/mol. The maximum Gasteiger partial charge on any atom is 0 e. The first-order valence-electron chi connectivity index (χ1n) is 6.14. The SMILES string of the molecule is [CH]1[CH][CH][c-]2[cH-][cH-][cH-][c-]2[CH]1.[CH]1[CH][CH][c-]2cccc2[CH]1.[Ru]. The Bertz CT molecular complexity index is 402. The molecule has 0 fully saturated rings. The van der Waals surface area contributed by atoms with Gasteiger partial charge in [-0.2, -0.15) is 17.2 Å². The van der Waals surface area contributed by atoms with Gasteiger partial charge in [0, 0.05) is 19.5 Å². The summed E-state index contributed by atoms with van der Waals surface area (Å²) in [4.78, 5) is 0. The van der Waals surface area contributed by atoms with E-state index < -0.39 is 0 Å². The summed E-state index contributed by atoms with van der Waals surface area (Å²) >= 11 is 0. The van der Waals surface area contributed by atoms with E-state index in [0.717, 1.165) is 0 Å². The molecule has 4 rings (SSSR count). The molecule has 19 heavy (non-hydrogen) atoms. The van der Waals surface area contributed by atoms with Crippen LogP contribution in [0.4, 0.5) is 0 Å². The van der Waals surface area contributed by atoms with Crippen LogP contribution in [0.5, 0.6) is 0 Å². The maximum absolute atomic E-state index is 2.12. The van der Waals surface area contributed by atoms with E-state index in [2.05, 4.69) is 87.8 Å². The van der Waals surface area contributed by atoms with Crippen LogP contribution < -0.4 is 0 Å². The van der Waals surface area contributed by atoms with Crippen LogP contribution in [0.15, 0.2) is 36.4 Å². The van der Waals surface area contributed by atoms with Crippen molar-refractivity contribution in [3.63, 3.8) is 0 Å². The topological polar surface area (TPSA) is 0 Å². The smallest absolute Gasteiger partial charge is 0 e. The van der Waals surface area contributed by atoms with Gasteiger partial charge in [0.25, 0.3) is 0 Å². The summed E-state index contributed by atoms with van der Waals surface area (Å²) < 4.78 is 0. The molecule has 0 bridgehead atoms. The number of rotatable bonds is 0. The number of hydrogen-bond donors (Lipinski definition) is 0. The average molecular weight is 331 g/mol. The van der Waals surface area contributed by atoms with Crippen molar-refractivity contribution in [3.05, 3.63) is 110 Å². The molecule has 0 N–H and O–H groups in total. The molecule has 2 aliphatic rings. The molecule has 0 aliphatic heterocycles. The second-order valence-electron chi connectivity index (χ2n) is 4.31. The Kier molecular flexibility index (Phi) is 5.58. The maximum atomic E-state index is 2.12. The predicted octanol–water partition coefficient (Wildman–Crippen LogP) is 3.86. The summed E-state index contributed by atoms with van der Waals surface area (Å²) in [5, 5.41) is 0. The Morgan fingerprint density at radius 2 is 1.53 bits per heavy atom. The first-order valence-corrected chi connectivity index (χ1v) is 6.14. The molecule has 0 saturated heterocycles. The Morgan fingerprint density at radius 3 is 2.21 bits per heavy atom. The zero-order valence-electron chi connectivity index (χ0n) is 10.4. The molecule has 1 heteroatoms. The Labute approximate surface area is 129 Å². The van der Waals surface area contributed by atoms with Gasteiger partial charge in [-0.15, -0.1) is 0 Å². The Morgan fingerprint density at radius 1 is 0.842 bits per heavy atom. The van der Waals surface area contributed by atoms with Gasteiger partial charge in [0.15, 0.2) is 0 Å². The third-order valence-electron chi connectivity index (χ3n) is 3.10. The van der Waals surface area contributed by atoms with E-state index in [1.165, 1.54) is 22.3 Å². The van der Waals surface area contributed by atoms with E-state index >= 15 is 0 Å². The van der Waals surface area contributed by atoms with Gasteiger partial charge in [0.05, 0.1) is 0 Å². The molecular formula is C18H14Ru-6. The Hall–Kier alpha value is -0.677. The van der Waals surface area contributed by atoms with Crippen molar-refractivity contribution in [2.45, 2.75) is 0 Å². The monoisotopic (exact) mass is 332 g/mol. The van der Waals surface area contributed by atoms with Crippen LogP contribution >= 0.6 is 0 Å². The fourth-order valence-electron chi connectivity index (χ4n) is 2.14. The minimum absolute atomic E-state index is 0. The molecule has 0 spiro atoms. The fourth-order valence-corrected chi connectivity index (χ4v) is 2.14. The molecule has 2 aromatic rings. The van der Waals surface area contributed by atoms with Gasteiger partial charge in [-0.05, 0) is 19.3 Å². The van der Waals surface area contributed by atoms with Gasteiger partial charge in [-0.3, -0.25) is 0 Å². The molecule has 0 atom stereocenters. The molecule has 0 unspecified atom stereocenters. The van der Waals surface area contributed by atoms with E-state index in [9.17, 15) is 0 Å². The van der Waals surface area contributed by atoms with Crippen molar-refractivity contribution in [2.24, 2.45) is 0 Å². The second kappa shape index (κ2) is 7.20. The third-order valence-corrected chi connectivity index (χ3v) is 3.10. The standard InChI is InChI=1S/2C9H7.Ru/c2*1-2-5-9-7-3-6-8(9)4-1;/h2*1-7H;/q-5;-1;. The average Bonchev–Trinajstić information content (AvgIpc) is 3.08. The van der Waals surface area contributed by atoms with Gasteiger partial charge < -0.3 is 29.3 Å². The van der Waals surface area contributed by atoms with E-state index in [1.807, 2.05) is 0 Å². The van der Waals surface area contributed by atoms with Crippen LogP contribution in [0.2, 0.25) is 0 Å². The van der Waals surface area contributed by atoms with Crippen molar-refractivity contribution < 1.29 is 19.5 Å². The second-order valence-corrected chi connectivity index (χ2v) is 4.31. The van der Waals surface area contributed by atoms with Crippen molar-refractivity contribution in [1.29, 1.82) is 0 Å². The zero-order chi connectivity index (χ0) is 12.2. The minimum Gasteiger partial charge on any atom is -0.747 e. The quantitative estimate of drug-likeness (QED) is 0.508. The van der Waals surface area contributed by atoms with Crippen LogP contribution in [0.3, 0.4) is 0 Å². The van der Waals surface area contributed by atoms with Crippen LogP contribution in [0, 0.1) is 51.4 Å². The van der Waals surface area contributed by atoms with E-state index in [-0.39, 0.29) is 19.5 Å². The molecule has 0 saturated carbocycles. The van der Waals surface area contributed by atoms with Crippen LogP contribution in [0.25, 0.3) is 0 Å². The zero-order valence-corrected chi connectivity index (χ0v) is 12.2.